The summed E-state index contributed by atoms with van der Waals surface area (Å²) in [7, 11) is -2.74. The number of hydrogen-bond acceptors (Lipinski definition) is 3. The summed E-state index contributed by atoms with van der Waals surface area (Å²) in [6.45, 7) is 0. The molecule has 3 nitrogen and oxygen atoms in total. The average Bonchev–Trinajstić information content (AvgIpc) is 2.38. The van der Waals surface area contributed by atoms with Gasteiger partial charge in [-0.3, -0.25) is 0 Å². The van der Waals surface area contributed by atoms with Gasteiger partial charge in [-0.2, -0.15) is 0 Å². The molecular formula is C10H19NO2S. The quantitative estimate of drug-likeness (QED) is 0.765. The minimum atomic E-state index is -2.74. The molecule has 2 unspecified atom stereocenters. The van der Waals surface area contributed by atoms with Gasteiger partial charge in [-0.15, -0.1) is 0 Å². The van der Waals surface area contributed by atoms with Crippen LogP contribution in [-0.4, -0.2) is 26.0 Å². The molecule has 2 aliphatic rings. The molecule has 2 rings (SSSR count). The minimum Gasteiger partial charge on any atom is -0.327 e. The lowest BCUT2D eigenvalue weighted by Crippen LogP contribution is -2.34. The van der Waals surface area contributed by atoms with Gasteiger partial charge in [0.15, 0.2) is 9.84 Å². The summed E-state index contributed by atoms with van der Waals surface area (Å²) in [6, 6.07) is 0.123. The molecule has 0 amide bonds. The Balaban J connectivity index is 1.83. The summed E-state index contributed by atoms with van der Waals surface area (Å²) < 4.78 is 22.5. The van der Waals surface area contributed by atoms with Crippen LogP contribution in [0.2, 0.25) is 0 Å². The van der Waals surface area contributed by atoms with Crippen molar-refractivity contribution in [2.45, 2.75) is 38.1 Å². The third kappa shape index (κ3) is 2.28. The molecule has 14 heavy (non-hydrogen) atoms. The van der Waals surface area contributed by atoms with E-state index in [2.05, 4.69) is 0 Å². The molecule has 0 aromatic carbocycles. The van der Waals surface area contributed by atoms with Gasteiger partial charge in [0, 0.05) is 6.04 Å². The molecule has 4 heteroatoms. The van der Waals surface area contributed by atoms with E-state index in [9.17, 15) is 8.42 Å². The summed E-state index contributed by atoms with van der Waals surface area (Å²) in [4.78, 5) is 0. The fraction of sp³-hybridized carbons (Fsp3) is 1.00. The van der Waals surface area contributed by atoms with Crippen molar-refractivity contribution in [3.05, 3.63) is 0 Å². The van der Waals surface area contributed by atoms with Crippen molar-refractivity contribution < 1.29 is 8.42 Å². The molecule has 0 radical (unpaired) electrons. The van der Waals surface area contributed by atoms with Gasteiger partial charge in [0.05, 0.1) is 11.5 Å². The molecule has 0 bridgehead atoms. The first-order valence-corrected chi connectivity index (χ1v) is 7.35. The van der Waals surface area contributed by atoms with Gasteiger partial charge in [-0.05, 0) is 24.7 Å². The Morgan fingerprint density at radius 3 is 2.43 bits per heavy atom. The summed E-state index contributed by atoms with van der Waals surface area (Å²) in [5, 5.41) is 0. The fourth-order valence-electron chi connectivity index (χ4n) is 2.47. The average molecular weight is 217 g/mol. The van der Waals surface area contributed by atoms with Crippen LogP contribution in [0.25, 0.3) is 0 Å². The molecule has 2 fully saturated rings. The Morgan fingerprint density at radius 1 is 1.29 bits per heavy atom. The largest absolute Gasteiger partial charge is 0.327 e. The van der Waals surface area contributed by atoms with Crippen LogP contribution in [0.3, 0.4) is 0 Å². The lowest BCUT2D eigenvalue weighted by atomic mass is 9.78. The van der Waals surface area contributed by atoms with E-state index in [-0.39, 0.29) is 12.0 Å². The van der Waals surface area contributed by atoms with E-state index < -0.39 is 9.84 Å². The maximum absolute atomic E-state index is 11.3. The second-order valence-electron chi connectivity index (χ2n) is 4.86. The van der Waals surface area contributed by atoms with Crippen LogP contribution in [0.5, 0.6) is 0 Å². The first-order valence-electron chi connectivity index (χ1n) is 5.53. The molecule has 0 aromatic rings. The van der Waals surface area contributed by atoms with Crippen LogP contribution >= 0.6 is 0 Å². The number of hydrogen-bond donors (Lipinski definition) is 1. The van der Waals surface area contributed by atoms with Gasteiger partial charge in [0.2, 0.25) is 0 Å². The van der Waals surface area contributed by atoms with E-state index in [0.717, 1.165) is 18.8 Å². The van der Waals surface area contributed by atoms with Gasteiger partial charge in [0.25, 0.3) is 0 Å². The van der Waals surface area contributed by atoms with E-state index in [4.69, 9.17) is 5.73 Å². The van der Waals surface area contributed by atoms with Crippen molar-refractivity contribution in [1.82, 2.24) is 0 Å². The second kappa shape index (κ2) is 3.81. The molecule has 1 saturated heterocycles. The molecule has 1 aliphatic carbocycles. The van der Waals surface area contributed by atoms with Gasteiger partial charge in [-0.25, -0.2) is 8.42 Å². The summed E-state index contributed by atoms with van der Waals surface area (Å²) in [5.41, 5.74) is 6.05. The molecule has 1 aliphatic heterocycles. The van der Waals surface area contributed by atoms with E-state index in [1.54, 1.807) is 0 Å². The summed E-state index contributed by atoms with van der Waals surface area (Å²) in [5.74, 6) is 1.71. The third-order valence-electron chi connectivity index (χ3n) is 3.70. The van der Waals surface area contributed by atoms with Crippen LogP contribution in [0.4, 0.5) is 0 Å². The van der Waals surface area contributed by atoms with Crippen molar-refractivity contribution in [2.75, 3.05) is 11.5 Å². The summed E-state index contributed by atoms with van der Waals surface area (Å²) in [6.07, 6.45) is 5.76. The van der Waals surface area contributed by atoms with Crippen molar-refractivity contribution in [2.24, 2.45) is 17.6 Å². The van der Waals surface area contributed by atoms with Crippen LogP contribution in [0.15, 0.2) is 0 Å². The molecular weight excluding hydrogens is 198 g/mol. The predicted molar refractivity (Wildman–Crippen MR) is 56.7 cm³/mol. The Hall–Kier alpha value is -0.0900. The zero-order chi connectivity index (χ0) is 10.2. The zero-order valence-electron chi connectivity index (χ0n) is 8.48. The molecule has 0 spiro atoms. The Morgan fingerprint density at radius 2 is 2.00 bits per heavy atom. The van der Waals surface area contributed by atoms with Crippen LogP contribution in [0.1, 0.15) is 32.1 Å². The van der Waals surface area contributed by atoms with Crippen molar-refractivity contribution >= 4 is 9.84 Å². The number of rotatable bonds is 3. The van der Waals surface area contributed by atoms with Gasteiger partial charge < -0.3 is 5.73 Å². The Kier molecular flexibility index (Phi) is 2.84. The standard InChI is InChI=1S/C10H19NO2S/c11-10(6-8-2-1-3-8)9-4-5-14(12,13)7-9/h8-10H,1-7,11H2. The first kappa shape index (κ1) is 10.4. The highest BCUT2D eigenvalue weighted by Crippen LogP contribution is 2.33. The molecule has 2 atom stereocenters. The lowest BCUT2D eigenvalue weighted by molar-refractivity contribution is 0.253. The predicted octanol–water partition coefficient (Wildman–Crippen LogP) is 0.939. The smallest absolute Gasteiger partial charge is 0.150 e. The highest BCUT2D eigenvalue weighted by Gasteiger charge is 2.33. The highest BCUT2D eigenvalue weighted by atomic mass is 32.2. The molecule has 82 valence electrons. The number of sulfone groups is 1. The van der Waals surface area contributed by atoms with Crippen molar-refractivity contribution in [3.8, 4) is 0 Å². The zero-order valence-corrected chi connectivity index (χ0v) is 9.30. The minimum absolute atomic E-state index is 0.123. The fourth-order valence-corrected chi connectivity index (χ4v) is 4.36. The SMILES string of the molecule is NC(CC1CCC1)C1CCS(=O)(=O)C1. The van der Waals surface area contributed by atoms with Gasteiger partial charge in [-0.1, -0.05) is 19.3 Å². The number of nitrogens with two attached hydrogens (primary N) is 1. The normalized spacial score (nSPS) is 33.9. The maximum Gasteiger partial charge on any atom is 0.150 e. The Labute approximate surface area is 86.0 Å². The van der Waals surface area contributed by atoms with E-state index in [1.165, 1.54) is 19.3 Å². The first-order chi connectivity index (χ1) is 6.57. The third-order valence-corrected chi connectivity index (χ3v) is 5.50. The molecule has 1 saturated carbocycles. The monoisotopic (exact) mass is 217 g/mol. The summed E-state index contributed by atoms with van der Waals surface area (Å²) >= 11 is 0. The van der Waals surface area contributed by atoms with Crippen molar-refractivity contribution in [1.29, 1.82) is 0 Å². The lowest BCUT2D eigenvalue weighted by Gasteiger charge is -2.30. The topological polar surface area (TPSA) is 60.2 Å². The molecule has 2 N–H and O–H groups in total. The van der Waals surface area contributed by atoms with Crippen LogP contribution < -0.4 is 5.73 Å². The van der Waals surface area contributed by atoms with Gasteiger partial charge >= 0.3 is 0 Å². The van der Waals surface area contributed by atoms with Crippen molar-refractivity contribution in [3.63, 3.8) is 0 Å². The van der Waals surface area contributed by atoms with Crippen LogP contribution in [-0.2, 0) is 9.84 Å². The van der Waals surface area contributed by atoms with E-state index >= 15 is 0 Å². The molecule has 1 heterocycles. The van der Waals surface area contributed by atoms with E-state index in [1.807, 2.05) is 0 Å². The Bertz CT molecular complexity index is 295. The van der Waals surface area contributed by atoms with E-state index in [0.29, 0.717) is 11.5 Å². The second-order valence-corrected chi connectivity index (χ2v) is 7.09. The van der Waals surface area contributed by atoms with Gasteiger partial charge in [0.1, 0.15) is 0 Å². The molecule has 0 aromatic heterocycles. The van der Waals surface area contributed by atoms with Crippen LogP contribution in [0, 0.1) is 11.8 Å². The maximum atomic E-state index is 11.3. The highest BCUT2D eigenvalue weighted by molar-refractivity contribution is 7.91.